The molecule has 0 aromatic rings. The van der Waals surface area contributed by atoms with Gasteiger partial charge in [0.1, 0.15) is 0 Å². The molecular weight excluding hydrogens is 252 g/mol. The highest BCUT2D eigenvalue weighted by molar-refractivity contribution is 5.92. The summed E-state index contributed by atoms with van der Waals surface area (Å²) >= 11 is 0. The van der Waals surface area contributed by atoms with Gasteiger partial charge in [-0.3, -0.25) is 4.79 Å². The summed E-state index contributed by atoms with van der Waals surface area (Å²) in [4.78, 5) is 13.0. The van der Waals surface area contributed by atoms with Crippen LogP contribution in [-0.2, 0) is 14.3 Å². The van der Waals surface area contributed by atoms with E-state index in [0.717, 1.165) is 38.5 Å². The third kappa shape index (κ3) is 1.90. The van der Waals surface area contributed by atoms with Crippen LogP contribution in [0.3, 0.4) is 0 Å². The summed E-state index contributed by atoms with van der Waals surface area (Å²) in [7, 11) is 1.65. The molecule has 0 radical (unpaired) electrons. The van der Waals surface area contributed by atoms with E-state index in [-0.39, 0.29) is 23.2 Å². The van der Waals surface area contributed by atoms with E-state index < -0.39 is 5.79 Å². The molecule has 1 heterocycles. The van der Waals surface area contributed by atoms with Gasteiger partial charge in [0.25, 0.3) is 0 Å². The number of carbonyl (C=O) groups is 1. The van der Waals surface area contributed by atoms with Gasteiger partial charge in [-0.15, -0.1) is 6.58 Å². The molecule has 0 aromatic heterocycles. The minimum atomic E-state index is -0.964. The maximum absolute atomic E-state index is 13.0. The first-order chi connectivity index (χ1) is 9.68. The Kier molecular flexibility index (Phi) is 3.76. The number of rotatable bonds is 4. The molecule has 20 heavy (non-hydrogen) atoms. The van der Waals surface area contributed by atoms with Crippen molar-refractivity contribution in [2.75, 3.05) is 7.11 Å². The van der Waals surface area contributed by atoms with Gasteiger partial charge in [-0.1, -0.05) is 25.3 Å². The molecule has 3 fully saturated rings. The van der Waals surface area contributed by atoms with Crippen LogP contribution in [0.5, 0.6) is 0 Å². The molecule has 3 nitrogen and oxygen atoms in total. The molecule has 0 bridgehead atoms. The van der Waals surface area contributed by atoms with Gasteiger partial charge in [0.05, 0.1) is 11.5 Å². The van der Waals surface area contributed by atoms with E-state index in [9.17, 15) is 4.79 Å². The van der Waals surface area contributed by atoms with Crippen molar-refractivity contribution >= 4 is 5.78 Å². The van der Waals surface area contributed by atoms with Gasteiger partial charge < -0.3 is 9.47 Å². The number of methoxy groups -OCH3 is 1. The van der Waals surface area contributed by atoms with Crippen molar-refractivity contribution in [2.45, 2.75) is 69.2 Å². The van der Waals surface area contributed by atoms with Crippen molar-refractivity contribution in [3.63, 3.8) is 0 Å². The number of hydrogen-bond acceptors (Lipinski definition) is 3. The highest BCUT2D eigenvalue weighted by atomic mass is 16.7. The molecule has 2 saturated carbocycles. The van der Waals surface area contributed by atoms with Gasteiger partial charge in [0.2, 0.25) is 5.79 Å². The second-order valence-corrected chi connectivity index (χ2v) is 6.68. The summed E-state index contributed by atoms with van der Waals surface area (Å²) in [6.07, 6.45) is 11.4. The van der Waals surface area contributed by atoms with Gasteiger partial charge >= 0.3 is 0 Å². The maximum atomic E-state index is 13.0. The third-order valence-corrected chi connectivity index (χ3v) is 5.68. The Morgan fingerprint density at radius 3 is 2.70 bits per heavy atom. The molecular formula is C17H26O3. The first-order valence-corrected chi connectivity index (χ1v) is 8.09. The number of carbonyl (C=O) groups excluding carboxylic acids is 1. The zero-order chi connectivity index (χ0) is 14.2. The first-order valence-electron chi connectivity index (χ1n) is 8.09. The summed E-state index contributed by atoms with van der Waals surface area (Å²) in [6.45, 7) is 3.86. The Bertz CT molecular complexity index is 399. The highest BCUT2D eigenvalue weighted by Crippen LogP contribution is 2.55. The van der Waals surface area contributed by atoms with Crippen molar-refractivity contribution in [1.82, 2.24) is 0 Å². The Balaban J connectivity index is 1.92. The molecule has 0 aromatic carbocycles. The predicted octanol–water partition coefficient (Wildman–Crippen LogP) is 3.62. The summed E-state index contributed by atoms with van der Waals surface area (Å²) in [5, 5.41) is 0. The Morgan fingerprint density at radius 1 is 1.30 bits per heavy atom. The number of ketones is 1. The summed E-state index contributed by atoms with van der Waals surface area (Å²) in [5.41, 5.74) is -0.327. The molecule has 3 rings (SSSR count). The van der Waals surface area contributed by atoms with Crippen LogP contribution in [-0.4, -0.2) is 24.3 Å². The molecule has 2 unspecified atom stereocenters. The Morgan fingerprint density at radius 2 is 2.05 bits per heavy atom. The van der Waals surface area contributed by atoms with E-state index in [1.54, 1.807) is 7.11 Å². The quantitative estimate of drug-likeness (QED) is 0.737. The fourth-order valence-corrected chi connectivity index (χ4v) is 4.74. The molecule has 0 N–H and O–H groups in total. The van der Waals surface area contributed by atoms with Crippen LogP contribution in [0.1, 0.15) is 57.8 Å². The van der Waals surface area contributed by atoms with Gasteiger partial charge in [-0.25, -0.2) is 0 Å². The lowest BCUT2D eigenvalue weighted by Crippen LogP contribution is -2.48. The smallest absolute Gasteiger partial charge is 0.232 e. The second kappa shape index (κ2) is 5.27. The lowest BCUT2D eigenvalue weighted by Gasteiger charge is -2.39. The van der Waals surface area contributed by atoms with E-state index in [1.807, 2.05) is 6.08 Å². The lowest BCUT2D eigenvalue weighted by atomic mass is 9.78. The number of Topliss-reactive ketones (excluding diaryl/α,β-unsaturated/α-hetero) is 1. The second-order valence-electron chi connectivity index (χ2n) is 6.68. The summed E-state index contributed by atoms with van der Waals surface area (Å²) < 4.78 is 12.2. The number of ether oxygens (including phenoxy) is 2. The maximum Gasteiger partial charge on any atom is 0.232 e. The van der Waals surface area contributed by atoms with Crippen molar-refractivity contribution in [2.24, 2.45) is 11.8 Å². The normalized spacial score (nSPS) is 41.9. The largest absolute Gasteiger partial charge is 0.347 e. The standard InChI is InChI=1S/C17H26O3/c1-3-11-16-12-7-10-14(16)15(18)17(19-2,20-16)13-8-5-4-6-9-13/h3,13-14H,1,4-12H2,2H3/t14?,16-,17?/m1/s1. The molecule has 0 amide bonds. The monoisotopic (exact) mass is 278 g/mol. The van der Waals surface area contributed by atoms with Gasteiger partial charge in [0, 0.05) is 13.0 Å². The zero-order valence-corrected chi connectivity index (χ0v) is 12.5. The molecule has 1 saturated heterocycles. The van der Waals surface area contributed by atoms with E-state index in [0.29, 0.717) is 0 Å². The number of fused-ring (bicyclic) bond motifs is 1. The molecule has 2 aliphatic carbocycles. The van der Waals surface area contributed by atoms with Crippen molar-refractivity contribution < 1.29 is 14.3 Å². The fraction of sp³-hybridized carbons (Fsp3) is 0.824. The minimum Gasteiger partial charge on any atom is -0.347 e. The van der Waals surface area contributed by atoms with Gasteiger partial charge in [-0.05, 0) is 38.5 Å². The van der Waals surface area contributed by atoms with Crippen molar-refractivity contribution in [1.29, 1.82) is 0 Å². The first kappa shape index (κ1) is 14.3. The topological polar surface area (TPSA) is 35.5 Å². The molecule has 3 atom stereocenters. The van der Waals surface area contributed by atoms with E-state index >= 15 is 0 Å². The fourth-order valence-electron chi connectivity index (χ4n) is 4.74. The molecule has 1 aliphatic heterocycles. The van der Waals surface area contributed by atoms with E-state index in [4.69, 9.17) is 9.47 Å². The van der Waals surface area contributed by atoms with Crippen LogP contribution in [0, 0.1) is 11.8 Å². The van der Waals surface area contributed by atoms with Gasteiger partial charge in [-0.2, -0.15) is 0 Å². The molecule has 3 heteroatoms. The predicted molar refractivity (Wildman–Crippen MR) is 77.3 cm³/mol. The Labute approximate surface area is 121 Å². The number of hydrogen-bond donors (Lipinski definition) is 0. The summed E-state index contributed by atoms with van der Waals surface area (Å²) in [5.74, 6) is -0.496. The Hall–Kier alpha value is -0.670. The van der Waals surface area contributed by atoms with Crippen LogP contribution in [0.4, 0.5) is 0 Å². The highest BCUT2D eigenvalue weighted by Gasteiger charge is 2.66. The average molecular weight is 278 g/mol. The van der Waals surface area contributed by atoms with Crippen LogP contribution >= 0.6 is 0 Å². The third-order valence-electron chi connectivity index (χ3n) is 5.68. The van der Waals surface area contributed by atoms with Crippen LogP contribution in [0.25, 0.3) is 0 Å². The van der Waals surface area contributed by atoms with E-state index in [1.165, 1.54) is 19.3 Å². The molecule has 0 spiro atoms. The molecule has 112 valence electrons. The van der Waals surface area contributed by atoms with Crippen molar-refractivity contribution in [3.8, 4) is 0 Å². The molecule has 3 aliphatic rings. The lowest BCUT2D eigenvalue weighted by molar-refractivity contribution is -0.260. The SMILES string of the molecule is C=CC[C@@]12CCCC1C(=O)C(OC)(C1CCCCC1)O2. The minimum absolute atomic E-state index is 0.0161. The summed E-state index contributed by atoms with van der Waals surface area (Å²) in [6, 6.07) is 0. The van der Waals surface area contributed by atoms with Crippen LogP contribution in [0.15, 0.2) is 12.7 Å². The van der Waals surface area contributed by atoms with Crippen LogP contribution < -0.4 is 0 Å². The zero-order valence-electron chi connectivity index (χ0n) is 12.5. The van der Waals surface area contributed by atoms with Gasteiger partial charge in [0.15, 0.2) is 5.78 Å². The van der Waals surface area contributed by atoms with Crippen LogP contribution in [0.2, 0.25) is 0 Å². The van der Waals surface area contributed by atoms with Crippen molar-refractivity contribution in [3.05, 3.63) is 12.7 Å². The average Bonchev–Trinajstić information content (AvgIpc) is 2.97. The van der Waals surface area contributed by atoms with E-state index in [2.05, 4.69) is 6.58 Å².